The highest BCUT2D eigenvalue weighted by molar-refractivity contribution is 7.46. The van der Waals surface area contributed by atoms with Crippen LogP contribution >= 0.6 is 8.38 Å². The number of carbonyl (C=O) groups excluding carboxylic acids is 1. The van der Waals surface area contributed by atoms with E-state index in [2.05, 4.69) is 13.3 Å². The molecule has 0 radical (unpaired) electrons. The maximum absolute atomic E-state index is 11.8. The van der Waals surface area contributed by atoms with Gasteiger partial charge in [0.05, 0.1) is 5.92 Å². The Labute approximate surface area is 163 Å². The van der Waals surface area contributed by atoms with Crippen LogP contribution in [0.25, 0.3) is 0 Å². The van der Waals surface area contributed by atoms with E-state index in [4.69, 9.17) is 13.7 Å². The molecule has 12 nitrogen and oxygen atoms in total. The highest BCUT2D eigenvalue weighted by Gasteiger charge is 2.25. The maximum atomic E-state index is 11.8. The van der Waals surface area contributed by atoms with Crippen molar-refractivity contribution in [3.05, 3.63) is 44.3 Å². The van der Waals surface area contributed by atoms with Crippen LogP contribution in [0, 0.1) is 19.8 Å². The molecule has 0 aliphatic rings. The summed E-state index contributed by atoms with van der Waals surface area (Å²) < 4.78 is 28.7. The predicted octanol–water partition coefficient (Wildman–Crippen LogP) is 1.44. The molecule has 13 heteroatoms. The van der Waals surface area contributed by atoms with Crippen LogP contribution in [0.1, 0.15) is 35.9 Å². The first-order valence-electron chi connectivity index (χ1n) is 8.32. The molecule has 2 atom stereocenters. The number of aryl methyl sites for hydroxylation is 2. The van der Waals surface area contributed by atoms with Gasteiger partial charge in [-0.05, 0) is 20.3 Å². The molecule has 0 fully saturated rings. The second kappa shape index (κ2) is 10.2. The van der Waals surface area contributed by atoms with Gasteiger partial charge in [0, 0.05) is 12.6 Å². The number of aliphatic carboxylic acids is 1. The molecule has 0 saturated heterocycles. The molecule has 2 aromatic heterocycles. The van der Waals surface area contributed by atoms with Gasteiger partial charge in [-0.1, -0.05) is 0 Å². The minimum atomic E-state index is -2.15. The van der Waals surface area contributed by atoms with Crippen LogP contribution in [-0.2, 0) is 32.1 Å². The molecule has 2 aromatic rings. The second-order valence-corrected chi connectivity index (χ2v) is 7.24. The molecule has 29 heavy (non-hydrogen) atoms. The molecule has 0 bridgehead atoms. The maximum Gasteiger partial charge on any atom is 0.519 e. The number of rotatable bonds is 11. The standard InChI is InChI=1S/C16H19O12P/c1-8-11(27-15(20)25-8)5-23-13(17)4-3-10(14(18)19)7-29(22)24-6-12-9(2)26-16(21)28-12/h10,22H,3-7H2,1-2H3,(H,18,19). The molecule has 0 saturated carbocycles. The average molecular weight is 434 g/mol. The fourth-order valence-corrected chi connectivity index (χ4v) is 3.28. The summed E-state index contributed by atoms with van der Waals surface area (Å²) in [6, 6.07) is 0. The third kappa shape index (κ3) is 7.00. The number of carbonyl (C=O) groups is 2. The topological polar surface area (TPSA) is 180 Å². The van der Waals surface area contributed by atoms with E-state index in [-0.39, 0.29) is 55.3 Å². The molecule has 0 aromatic carbocycles. The van der Waals surface area contributed by atoms with E-state index in [0.717, 1.165) is 0 Å². The highest BCUT2D eigenvalue weighted by atomic mass is 31.2. The average Bonchev–Trinajstić information content (AvgIpc) is 3.14. The molecule has 160 valence electrons. The molecule has 2 unspecified atom stereocenters. The van der Waals surface area contributed by atoms with Crippen molar-refractivity contribution in [2.75, 3.05) is 6.16 Å². The van der Waals surface area contributed by atoms with E-state index in [1.54, 1.807) is 0 Å². The van der Waals surface area contributed by atoms with Gasteiger partial charge < -0.3 is 36.9 Å². The van der Waals surface area contributed by atoms with E-state index >= 15 is 0 Å². The number of hydrogen-bond donors (Lipinski definition) is 2. The first-order chi connectivity index (χ1) is 13.7. The molecule has 0 spiro atoms. The highest BCUT2D eigenvalue weighted by Crippen LogP contribution is 2.36. The Morgan fingerprint density at radius 2 is 1.55 bits per heavy atom. The minimum Gasteiger partial charge on any atom is -0.481 e. The van der Waals surface area contributed by atoms with Crippen LogP contribution in [0.2, 0.25) is 0 Å². The van der Waals surface area contributed by atoms with E-state index in [1.165, 1.54) is 13.8 Å². The van der Waals surface area contributed by atoms with Gasteiger partial charge in [-0.15, -0.1) is 0 Å². The zero-order chi connectivity index (χ0) is 21.6. The van der Waals surface area contributed by atoms with Crippen molar-refractivity contribution in [2.45, 2.75) is 39.9 Å². The van der Waals surface area contributed by atoms with Gasteiger partial charge in [-0.2, -0.15) is 0 Å². The summed E-state index contributed by atoms with van der Waals surface area (Å²) in [5, 5.41) is 9.27. The fourth-order valence-electron chi connectivity index (χ4n) is 2.19. The van der Waals surface area contributed by atoms with Gasteiger partial charge in [-0.3, -0.25) is 9.59 Å². The van der Waals surface area contributed by atoms with Crippen LogP contribution < -0.4 is 11.6 Å². The lowest BCUT2D eigenvalue weighted by Gasteiger charge is -2.15. The lowest BCUT2D eigenvalue weighted by molar-refractivity contribution is -0.146. The van der Waals surface area contributed by atoms with Gasteiger partial charge >= 0.3 is 23.6 Å². The van der Waals surface area contributed by atoms with Crippen molar-refractivity contribution >= 4 is 20.3 Å². The Kier molecular flexibility index (Phi) is 7.94. The number of ether oxygens (including phenoxy) is 1. The monoisotopic (exact) mass is 434 g/mol. The molecule has 0 aliphatic heterocycles. The van der Waals surface area contributed by atoms with Crippen molar-refractivity contribution in [3.63, 3.8) is 0 Å². The van der Waals surface area contributed by atoms with Gasteiger partial charge in [-0.25, -0.2) is 9.59 Å². The molecule has 2 N–H and O–H groups in total. The van der Waals surface area contributed by atoms with Gasteiger partial charge in [0.25, 0.3) is 0 Å². The van der Waals surface area contributed by atoms with E-state index < -0.39 is 37.9 Å². The van der Waals surface area contributed by atoms with Crippen LogP contribution in [0.15, 0.2) is 27.3 Å². The zero-order valence-electron chi connectivity index (χ0n) is 15.5. The van der Waals surface area contributed by atoms with Crippen molar-refractivity contribution in [1.29, 1.82) is 0 Å². The van der Waals surface area contributed by atoms with Crippen LogP contribution in [0.3, 0.4) is 0 Å². The summed E-state index contributed by atoms with van der Waals surface area (Å²) in [4.78, 5) is 54.9. The quantitative estimate of drug-likeness (QED) is 0.384. The molecule has 0 aliphatic carbocycles. The number of esters is 1. The number of carboxylic acids is 1. The van der Waals surface area contributed by atoms with Gasteiger partial charge in [0.15, 0.2) is 32.3 Å². The molecular weight excluding hydrogens is 415 g/mol. The summed E-state index contributed by atoms with van der Waals surface area (Å²) in [5.74, 6) is -4.29. The number of carboxylic acid groups (broad SMARTS) is 1. The van der Waals surface area contributed by atoms with Crippen molar-refractivity contribution < 1.29 is 46.5 Å². The molecule has 2 heterocycles. The first kappa shape index (κ1) is 22.6. The lowest BCUT2D eigenvalue weighted by Crippen LogP contribution is -2.19. The molecule has 2 rings (SSSR count). The summed E-state index contributed by atoms with van der Waals surface area (Å²) in [6.45, 7) is 2.36. The summed E-state index contributed by atoms with van der Waals surface area (Å²) >= 11 is 0. The normalized spacial score (nSPS) is 13.2. The van der Waals surface area contributed by atoms with Crippen LogP contribution in [-0.4, -0.2) is 28.1 Å². The third-order valence-corrected chi connectivity index (χ3v) is 4.98. The summed E-state index contributed by atoms with van der Waals surface area (Å²) in [5.41, 5.74) is 0. The summed E-state index contributed by atoms with van der Waals surface area (Å²) in [6.07, 6.45) is -0.586. The Hall–Kier alpha value is -2.69. The summed E-state index contributed by atoms with van der Waals surface area (Å²) in [7, 11) is -2.15. The van der Waals surface area contributed by atoms with Crippen molar-refractivity contribution in [3.8, 4) is 0 Å². The smallest absolute Gasteiger partial charge is 0.481 e. The van der Waals surface area contributed by atoms with Crippen LogP contribution in [0.5, 0.6) is 0 Å². The fraction of sp³-hybridized carbons (Fsp3) is 0.500. The largest absolute Gasteiger partial charge is 0.519 e. The SMILES string of the molecule is Cc1oc(=O)oc1COC(=O)CCC(CP(O)OCc1oc(=O)oc1C)C(=O)O. The van der Waals surface area contributed by atoms with E-state index in [0.29, 0.717) is 0 Å². The van der Waals surface area contributed by atoms with Gasteiger partial charge in [0.2, 0.25) is 0 Å². The lowest BCUT2D eigenvalue weighted by atomic mass is 10.1. The van der Waals surface area contributed by atoms with E-state index in [9.17, 15) is 29.2 Å². The molecular formula is C16H19O12P. The minimum absolute atomic E-state index is 0.0617. The van der Waals surface area contributed by atoms with Gasteiger partial charge in [0.1, 0.15) is 12.4 Å². The van der Waals surface area contributed by atoms with Crippen molar-refractivity contribution in [2.24, 2.45) is 5.92 Å². The zero-order valence-corrected chi connectivity index (χ0v) is 16.4. The number of hydrogen-bond acceptors (Lipinski definition) is 11. The Bertz CT molecular complexity index is 948. The Morgan fingerprint density at radius 1 is 1.00 bits per heavy atom. The predicted molar refractivity (Wildman–Crippen MR) is 92.9 cm³/mol. The van der Waals surface area contributed by atoms with Crippen molar-refractivity contribution in [1.82, 2.24) is 0 Å². The van der Waals surface area contributed by atoms with Crippen LogP contribution in [0.4, 0.5) is 0 Å². The Morgan fingerprint density at radius 3 is 2.03 bits per heavy atom. The second-order valence-electron chi connectivity index (χ2n) is 5.91. The first-order valence-corrected chi connectivity index (χ1v) is 9.72. The Balaban J connectivity index is 1.78. The van der Waals surface area contributed by atoms with E-state index in [1.807, 2.05) is 0 Å². The molecule has 0 amide bonds. The third-order valence-electron chi connectivity index (χ3n) is 3.80.